The van der Waals surface area contributed by atoms with Crippen molar-refractivity contribution in [2.45, 2.75) is 33.0 Å². The van der Waals surface area contributed by atoms with Crippen LogP contribution in [-0.2, 0) is 22.6 Å². The molecule has 0 saturated heterocycles. The van der Waals surface area contributed by atoms with Gasteiger partial charge >= 0.3 is 5.97 Å². The van der Waals surface area contributed by atoms with Crippen molar-refractivity contribution in [1.29, 1.82) is 0 Å². The van der Waals surface area contributed by atoms with Crippen LogP contribution in [0.2, 0.25) is 0 Å². The SMILES string of the molecule is COC(=O)Cn1ccc2cccc(CNC(C)C)c21. The summed E-state index contributed by atoms with van der Waals surface area (Å²) < 4.78 is 6.68. The summed E-state index contributed by atoms with van der Waals surface area (Å²) in [4.78, 5) is 11.4. The molecule has 0 amide bonds. The molecule has 0 aliphatic carbocycles. The fourth-order valence-electron chi connectivity index (χ4n) is 2.13. The van der Waals surface area contributed by atoms with Crippen LogP contribution in [0.5, 0.6) is 0 Å². The predicted octanol–water partition coefficient (Wildman–Crippen LogP) is 2.31. The van der Waals surface area contributed by atoms with Gasteiger partial charge in [-0.1, -0.05) is 32.0 Å². The number of esters is 1. The second-order valence-electron chi connectivity index (χ2n) is 4.91. The highest BCUT2D eigenvalue weighted by Crippen LogP contribution is 2.20. The van der Waals surface area contributed by atoms with Crippen LogP contribution in [0, 0.1) is 0 Å². The predicted molar refractivity (Wildman–Crippen MR) is 75.9 cm³/mol. The number of methoxy groups -OCH3 is 1. The number of benzene rings is 1. The highest BCUT2D eigenvalue weighted by Gasteiger charge is 2.09. The summed E-state index contributed by atoms with van der Waals surface area (Å²) >= 11 is 0. The van der Waals surface area contributed by atoms with Crippen molar-refractivity contribution in [3.05, 3.63) is 36.0 Å². The molecule has 1 N–H and O–H groups in total. The quantitative estimate of drug-likeness (QED) is 0.839. The highest BCUT2D eigenvalue weighted by molar-refractivity contribution is 5.84. The van der Waals surface area contributed by atoms with Gasteiger partial charge in [-0.2, -0.15) is 0 Å². The van der Waals surface area contributed by atoms with Gasteiger partial charge < -0.3 is 14.6 Å². The van der Waals surface area contributed by atoms with Crippen LogP contribution in [0.25, 0.3) is 10.9 Å². The van der Waals surface area contributed by atoms with Crippen LogP contribution >= 0.6 is 0 Å². The Labute approximate surface area is 113 Å². The standard InChI is InChI=1S/C15H20N2O2/c1-11(2)16-9-13-6-4-5-12-7-8-17(15(12)13)10-14(18)19-3/h4-8,11,16H,9-10H2,1-3H3. The molecule has 2 aromatic rings. The Balaban J connectivity index is 2.34. The van der Waals surface area contributed by atoms with Crippen LogP contribution in [0.3, 0.4) is 0 Å². The minimum Gasteiger partial charge on any atom is -0.468 e. The molecule has 1 heterocycles. The van der Waals surface area contributed by atoms with Crippen molar-refractivity contribution in [2.75, 3.05) is 7.11 Å². The zero-order valence-corrected chi connectivity index (χ0v) is 11.6. The van der Waals surface area contributed by atoms with Gasteiger partial charge in [0.15, 0.2) is 0 Å². The molecule has 0 bridgehead atoms. The number of fused-ring (bicyclic) bond motifs is 1. The summed E-state index contributed by atoms with van der Waals surface area (Å²) in [5, 5.41) is 4.55. The summed E-state index contributed by atoms with van der Waals surface area (Å²) in [7, 11) is 1.41. The van der Waals surface area contributed by atoms with Gasteiger partial charge in [0.05, 0.1) is 12.6 Å². The molecular formula is C15H20N2O2. The number of rotatable bonds is 5. The first-order valence-corrected chi connectivity index (χ1v) is 6.48. The molecule has 0 radical (unpaired) electrons. The first-order valence-electron chi connectivity index (χ1n) is 6.48. The van der Waals surface area contributed by atoms with Crippen LogP contribution in [0.4, 0.5) is 0 Å². The Morgan fingerprint density at radius 3 is 2.84 bits per heavy atom. The number of nitrogens with zero attached hydrogens (tertiary/aromatic N) is 1. The van der Waals surface area contributed by atoms with E-state index in [1.54, 1.807) is 0 Å². The molecular weight excluding hydrogens is 240 g/mol. The average Bonchev–Trinajstić information content (AvgIpc) is 2.80. The van der Waals surface area contributed by atoms with Gasteiger partial charge in [0.25, 0.3) is 0 Å². The summed E-state index contributed by atoms with van der Waals surface area (Å²) in [6.07, 6.45) is 1.93. The molecule has 0 atom stereocenters. The maximum Gasteiger partial charge on any atom is 0.325 e. The zero-order chi connectivity index (χ0) is 13.8. The van der Waals surface area contributed by atoms with Gasteiger partial charge in [-0.3, -0.25) is 4.79 Å². The number of nitrogens with one attached hydrogen (secondary N) is 1. The molecule has 19 heavy (non-hydrogen) atoms. The van der Waals surface area contributed by atoms with Crippen molar-refractivity contribution in [3.8, 4) is 0 Å². The van der Waals surface area contributed by atoms with E-state index in [9.17, 15) is 4.79 Å². The van der Waals surface area contributed by atoms with E-state index >= 15 is 0 Å². The topological polar surface area (TPSA) is 43.3 Å². The third-order valence-electron chi connectivity index (χ3n) is 3.10. The molecule has 0 unspecified atom stereocenters. The summed E-state index contributed by atoms with van der Waals surface area (Å²) in [5.74, 6) is -0.232. The number of carbonyl (C=O) groups is 1. The van der Waals surface area contributed by atoms with E-state index in [1.807, 2.05) is 22.9 Å². The third-order valence-corrected chi connectivity index (χ3v) is 3.10. The Kier molecular flexibility index (Phi) is 4.22. The molecule has 4 nitrogen and oxygen atoms in total. The maximum absolute atomic E-state index is 11.4. The minimum absolute atomic E-state index is 0.232. The fraction of sp³-hybridized carbons (Fsp3) is 0.400. The third kappa shape index (κ3) is 3.15. The van der Waals surface area contributed by atoms with Crippen molar-refractivity contribution in [3.63, 3.8) is 0 Å². The van der Waals surface area contributed by atoms with Crippen molar-refractivity contribution >= 4 is 16.9 Å². The normalized spacial score (nSPS) is 11.2. The molecule has 2 rings (SSSR count). The lowest BCUT2D eigenvalue weighted by Crippen LogP contribution is -2.22. The monoisotopic (exact) mass is 260 g/mol. The first-order chi connectivity index (χ1) is 9.11. The largest absolute Gasteiger partial charge is 0.468 e. The second kappa shape index (κ2) is 5.89. The molecule has 0 spiro atoms. The Morgan fingerprint density at radius 1 is 1.37 bits per heavy atom. The lowest BCUT2D eigenvalue weighted by atomic mass is 10.1. The van der Waals surface area contributed by atoms with Crippen LogP contribution < -0.4 is 5.32 Å². The summed E-state index contributed by atoms with van der Waals surface area (Å²) in [5.41, 5.74) is 2.29. The number of ether oxygens (including phenoxy) is 1. The smallest absolute Gasteiger partial charge is 0.325 e. The molecule has 1 aromatic carbocycles. The number of aromatic nitrogens is 1. The van der Waals surface area contributed by atoms with E-state index in [0.717, 1.165) is 17.4 Å². The van der Waals surface area contributed by atoms with E-state index in [2.05, 4.69) is 31.3 Å². The molecule has 1 aromatic heterocycles. The van der Waals surface area contributed by atoms with E-state index in [4.69, 9.17) is 4.74 Å². The summed E-state index contributed by atoms with van der Waals surface area (Å²) in [6.45, 7) is 5.28. The van der Waals surface area contributed by atoms with Crippen molar-refractivity contribution in [1.82, 2.24) is 9.88 Å². The van der Waals surface area contributed by atoms with Crippen molar-refractivity contribution in [2.24, 2.45) is 0 Å². The maximum atomic E-state index is 11.4. The highest BCUT2D eigenvalue weighted by atomic mass is 16.5. The zero-order valence-electron chi connectivity index (χ0n) is 11.6. The van der Waals surface area contributed by atoms with Crippen LogP contribution in [-0.4, -0.2) is 23.7 Å². The molecule has 0 saturated carbocycles. The number of para-hydroxylation sites is 1. The number of carbonyl (C=O) groups excluding carboxylic acids is 1. The summed E-state index contributed by atoms with van der Waals surface area (Å²) in [6, 6.07) is 8.64. The van der Waals surface area contributed by atoms with Gasteiger partial charge in [-0.25, -0.2) is 0 Å². The van der Waals surface area contributed by atoms with Gasteiger partial charge in [0.2, 0.25) is 0 Å². The van der Waals surface area contributed by atoms with E-state index in [0.29, 0.717) is 6.04 Å². The van der Waals surface area contributed by atoms with Gasteiger partial charge in [0.1, 0.15) is 6.54 Å². The Bertz CT molecular complexity index is 573. The van der Waals surface area contributed by atoms with Gasteiger partial charge in [-0.05, 0) is 17.0 Å². The molecule has 4 heteroatoms. The Hall–Kier alpha value is -1.81. The number of hydrogen-bond acceptors (Lipinski definition) is 3. The Morgan fingerprint density at radius 2 is 2.16 bits per heavy atom. The lowest BCUT2D eigenvalue weighted by molar-refractivity contribution is -0.141. The second-order valence-corrected chi connectivity index (χ2v) is 4.91. The van der Waals surface area contributed by atoms with Crippen LogP contribution in [0.15, 0.2) is 30.5 Å². The minimum atomic E-state index is -0.232. The molecule has 0 aliphatic heterocycles. The van der Waals surface area contributed by atoms with E-state index < -0.39 is 0 Å². The first kappa shape index (κ1) is 13.6. The molecule has 0 aliphatic rings. The van der Waals surface area contributed by atoms with E-state index in [-0.39, 0.29) is 12.5 Å². The molecule has 102 valence electrons. The average molecular weight is 260 g/mol. The van der Waals surface area contributed by atoms with Gasteiger partial charge in [0, 0.05) is 18.8 Å². The molecule has 0 fully saturated rings. The van der Waals surface area contributed by atoms with Crippen LogP contribution in [0.1, 0.15) is 19.4 Å². The van der Waals surface area contributed by atoms with E-state index in [1.165, 1.54) is 12.7 Å². The van der Waals surface area contributed by atoms with Crippen molar-refractivity contribution < 1.29 is 9.53 Å². The van der Waals surface area contributed by atoms with Gasteiger partial charge in [-0.15, -0.1) is 0 Å². The fourth-order valence-corrected chi connectivity index (χ4v) is 2.13. The number of hydrogen-bond donors (Lipinski definition) is 1. The lowest BCUT2D eigenvalue weighted by Gasteiger charge is -2.12.